The number of rotatable bonds is 3. The Hall–Kier alpha value is -2.16. The summed E-state index contributed by atoms with van der Waals surface area (Å²) in [4.78, 5) is 16.2. The number of aromatic nitrogens is 1. The van der Waals surface area contributed by atoms with Gasteiger partial charge in [-0.2, -0.15) is 0 Å². The maximum Gasteiger partial charge on any atom is 0.338 e. The Morgan fingerprint density at radius 1 is 1.22 bits per heavy atom. The third-order valence-electron chi connectivity index (χ3n) is 2.61. The number of esters is 1. The molecule has 2 rings (SSSR count). The van der Waals surface area contributed by atoms with Crippen molar-refractivity contribution in [3.8, 4) is 11.3 Å². The normalized spacial score (nSPS) is 10.1. The second kappa shape index (κ2) is 5.45. The summed E-state index contributed by atoms with van der Waals surface area (Å²) in [5, 5.41) is 0. The summed E-state index contributed by atoms with van der Waals surface area (Å²) >= 11 is 0. The van der Waals surface area contributed by atoms with Gasteiger partial charge >= 0.3 is 5.97 Å². The fraction of sp³-hybridized carbons (Fsp3) is 0.200. The molecular formula is C15H15NO2. The monoisotopic (exact) mass is 241 g/mol. The van der Waals surface area contributed by atoms with Crippen LogP contribution in [0.15, 0.2) is 42.6 Å². The highest BCUT2D eigenvalue weighted by Crippen LogP contribution is 2.22. The van der Waals surface area contributed by atoms with E-state index in [1.54, 1.807) is 19.2 Å². The van der Waals surface area contributed by atoms with Crippen LogP contribution >= 0.6 is 0 Å². The van der Waals surface area contributed by atoms with Gasteiger partial charge in [0.25, 0.3) is 0 Å². The largest absolute Gasteiger partial charge is 0.462 e. The van der Waals surface area contributed by atoms with Crippen LogP contribution in [-0.2, 0) is 4.74 Å². The van der Waals surface area contributed by atoms with E-state index in [1.807, 2.05) is 37.3 Å². The van der Waals surface area contributed by atoms with Crippen molar-refractivity contribution in [2.75, 3.05) is 6.61 Å². The predicted octanol–water partition coefficient (Wildman–Crippen LogP) is 3.23. The highest BCUT2D eigenvalue weighted by Gasteiger charge is 2.13. The summed E-state index contributed by atoms with van der Waals surface area (Å²) in [6.07, 6.45) is 1.79. The van der Waals surface area contributed by atoms with Crippen molar-refractivity contribution in [2.24, 2.45) is 0 Å². The van der Waals surface area contributed by atoms with Gasteiger partial charge < -0.3 is 4.74 Å². The van der Waals surface area contributed by atoms with E-state index >= 15 is 0 Å². The summed E-state index contributed by atoms with van der Waals surface area (Å²) in [7, 11) is 0. The fourth-order valence-corrected chi connectivity index (χ4v) is 1.72. The van der Waals surface area contributed by atoms with Crippen molar-refractivity contribution in [1.29, 1.82) is 0 Å². The van der Waals surface area contributed by atoms with E-state index in [0.717, 1.165) is 16.8 Å². The number of ether oxygens (including phenoxy) is 1. The van der Waals surface area contributed by atoms with E-state index < -0.39 is 0 Å². The third kappa shape index (κ3) is 2.56. The van der Waals surface area contributed by atoms with Gasteiger partial charge in [0.15, 0.2) is 0 Å². The van der Waals surface area contributed by atoms with Gasteiger partial charge in [0.05, 0.1) is 17.9 Å². The molecular weight excluding hydrogens is 226 g/mol. The number of carbonyl (C=O) groups is 1. The zero-order valence-electron chi connectivity index (χ0n) is 10.5. The quantitative estimate of drug-likeness (QED) is 0.774. The Kier molecular flexibility index (Phi) is 3.72. The van der Waals surface area contributed by atoms with Gasteiger partial charge in [0.2, 0.25) is 0 Å². The first-order chi connectivity index (χ1) is 8.72. The van der Waals surface area contributed by atoms with Crippen molar-refractivity contribution < 1.29 is 9.53 Å². The molecule has 0 saturated heterocycles. The number of aryl methyl sites for hydroxylation is 1. The van der Waals surface area contributed by atoms with Gasteiger partial charge in [-0.1, -0.05) is 24.3 Å². The Morgan fingerprint density at radius 2 is 2.00 bits per heavy atom. The van der Waals surface area contributed by atoms with Gasteiger partial charge in [0, 0.05) is 11.8 Å². The van der Waals surface area contributed by atoms with Crippen molar-refractivity contribution in [2.45, 2.75) is 13.8 Å². The Balaban J connectivity index is 2.44. The Bertz CT molecular complexity index is 547. The molecule has 0 atom stereocenters. The standard InChI is InChI=1S/C15H15NO2/c1-3-18-15(17)13-7-5-4-6-12(13)14-9-8-11(2)10-16-14/h4-10H,3H2,1-2H3. The Morgan fingerprint density at radius 3 is 2.67 bits per heavy atom. The Labute approximate surface area is 106 Å². The molecule has 1 aromatic carbocycles. The fourth-order valence-electron chi connectivity index (χ4n) is 1.72. The average Bonchev–Trinajstić information content (AvgIpc) is 2.40. The SMILES string of the molecule is CCOC(=O)c1ccccc1-c1ccc(C)cn1. The first-order valence-electron chi connectivity index (χ1n) is 5.91. The zero-order chi connectivity index (χ0) is 13.0. The molecule has 0 aliphatic carbocycles. The highest BCUT2D eigenvalue weighted by atomic mass is 16.5. The van der Waals surface area contributed by atoms with E-state index in [-0.39, 0.29) is 5.97 Å². The molecule has 3 nitrogen and oxygen atoms in total. The third-order valence-corrected chi connectivity index (χ3v) is 2.61. The van der Waals surface area contributed by atoms with E-state index in [9.17, 15) is 4.79 Å². The molecule has 0 fully saturated rings. The topological polar surface area (TPSA) is 39.2 Å². The second-order valence-electron chi connectivity index (χ2n) is 3.99. The number of carbonyl (C=O) groups excluding carboxylic acids is 1. The molecule has 0 bridgehead atoms. The lowest BCUT2D eigenvalue weighted by molar-refractivity contribution is 0.0527. The molecule has 3 heteroatoms. The number of nitrogens with zero attached hydrogens (tertiary/aromatic N) is 1. The summed E-state index contributed by atoms with van der Waals surface area (Å²) in [6.45, 7) is 4.15. The van der Waals surface area contributed by atoms with Crippen molar-refractivity contribution in [3.63, 3.8) is 0 Å². The van der Waals surface area contributed by atoms with Gasteiger partial charge in [-0.25, -0.2) is 4.79 Å². The first kappa shape index (κ1) is 12.3. The molecule has 0 aliphatic heterocycles. The van der Waals surface area contributed by atoms with Crippen molar-refractivity contribution in [3.05, 3.63) is 53.7 Å². The minimum absolute atomic E-state index is 0.310. The average molecular weight is 241 g/mol. The summed E-state index contributed by atoms with van der Waals surface area (Å²) in [5.74, 6) is -0.310. The molecule has 0 saturated carbocycles. The van der Waals surface area contributed by atoms with Crippen LogP contribution in [0.1, 0.15) is 22.8 Å². The van der Waals surface area contributed by atoms with Crippen LogP contribution in [0.25, 0.3) is 11.3 Å². The summed E-state index contributed by atoms with van der Waals surface area (Å²) in [6, 6.07) is 11.2. The number of hydrogen-bond donors (Lipinski definition) is 0. The molecule has 18 heavy (non-hydrogen) atoms. The van der Waals surface area contributed by atoms with Crippen LogP contribution in [0.2, 0.25) is 0 Å². The van der Waals surface area contributed by atoms with Crippen LogP contribution in [0.5, 0.6) is 0 Å². The predicted molar refractivity (Wildman–Crippen MR) is 70.4 cm³/mol. The molecule has 0 aliphatic rings. The van der Waals surface area contributed by atoms with Gasteiger partial charge in [-0.3, -0.25) is 4.98 Å². The number of hydrogen-bond acceptors (Lipinski definition) is 3. The molecule has 0 amide bonds. The maximum atomic E-state index is 11.9. The molecule has 92 valence electrons. The minimum atomic E-state index is -0.310. The molecule has 1 heterocycles. The van der Waals surface area contributed by atoms with E-state index in [1.165, 1.54) is 0 Å². The van der Waals surface area contributed by atoms with Crippen molar-refractivity contribution in [1.82, 2.24) is 4.98 Å². The molecule has 0 unspecified atom stereocenters. The zero-order valence-corrected chi connectivity index (χ0v) is 10.5. The lowest BCUT2D eigenvalue weighted by atomic mass is 10.0. The lowest BCUT2D eigenvalue weighted by Crippen LogP contribution is -2.06. The first-order valence-corrected chi connectivity index (χ1v) is 5.91. The smallest absolute Gasteiger partial charge is 0.338 e. The molecule has 2 aromatic rings. The maximum absolute atomic E-state index is 11.9. The van der Waals surface area contributed by atoms with Crippen LogP contribution < -0.4 is 0 Å². The van der Waals surface area contributed by atoms with Gasteiger partial charge in [0.1, 0.15) is 0 Å². The molecule has 0 radical (unpaired) electrons. The van der Waals surface area contributed by atoms with Crippen LogP contribution in [0, 0.1) is 6.92 Å². The highest BCUT2D eigenvalue weighted by molar-refractivity contribution is 5.96. The van der Waals surface area contributed by atoms with E-state index in [4.69, 9.17) is 4.74 Å². The minimum Gasteiger partial charge on any atom is -0.462 e. The van der Waals surface area contributed by atoms with Crippen LogP contribution in [0.4, 0.5) is 0 Å². The van der Waals surface area contributed by atoms with Gasteiger partial charge in [-0.05, 0) is 31.5 Å². The van der Waals surface area contributed by atoms with Crippen molar-refractivity contribution >= 4 is 5.97 Å². The summed E-state index contributed by atoms with van der Waals surface area (Å²) in [5.41, 5.74) is 3.23. The van der Waals surface area contributed by atoms with Gasteiger partial charge in [-0.15, -0.1) is 0 Å². The van der Waals surface area contributed by atoms with Crippen LogP contribution in [-0.4, -0.2) is 17.6 Å². The number of pyridine rings is 1. The van der Waals surface area contributed by atoms with E-state index in [0.29, 0.717) is 12.2 Å². The molecule has 0 spiro atoms. The lowest BCUT2D eigenvalue weighted by Gasteiger charge is -2.08. The van der Waals surface area contributed by atoms with Crippen LogP contribution in [0.3, 0.4) is 0 Å². The van der Waals surface area contributed by atoms with E-state index in [2.05, 4.69) is 4.98 Å². The summed E-state index contributed by atoms with van der Waals surface area (Å²) < 4.78 is 5.05. The molecule has 1 aromatic heterocycles. The molecule has 0 N–H and O–H groups in total. The number of benzene rings is 1. The second-order valence-corrected chi connectivity index (χ2v) is 3.99.